The minimum atomic E-state index is -0.543. The zero-order valence-corrected chi connectivity index (χ0v) is 29.2. The number of nitrogens with one attached hydrogen (secondary N) is 2. The molecule has 4 aromatic carbocycles. The van der Waals surface area contributed by atoms with Gasteiger partial charge in [-0.15, -0.1) is 0 Å². The Hall–Kier alpha value is -5.64. The van der Waals surface area contributed by atoms with Crippen LogP contribution >= 0.6 is 0 Å². The molecule has 4 heterocycles. The first-order valence-corrected chi connectivity index (χ1v) is 17.7. The fourth-order valence-corrected chi connectivity index (χ4v) is 7.27. The number of hydrogen-bond acceptors (Lipinski definition) is 6. The van der Waals surface area contributed by atoms with E-state index >= 15 is 0 Å². The number of likely N-dealkylation sites (tertiary alicyclic amines) is 2. The summed E-state index contributed by atoms with van der Waals surface area (Å²) in [5, 5.41) is 2.25. The predicted octanol–water partition coefficient (Wildman–Crippen LogP) is 9.32. The van der Waals surface area contributed by atoms with E-state index in [1.165, 1.54) is 0 Å². The topological polar surface area (TPSA) is 116 Å². The van der Waals surface area contributed by atoms with Crippen LogP contribution in [0.2, 0.25) is 0 Å². The van der Waals surface area contributed by atoms with E-state index in [4.69, 9.17) is 14.5 Å². The molecule has 8 rings (SSSR count). The van der Waals surface area contributed by atoms with Gasteiger partial charge in [-0.05, 0) is 98.2 Å². The number of benzene rings is 4. The van der Waals surface area contributed by atoms with Crippen molar-refractivity contribution in [1.29, 1.82) is 0 Å². The fraction of sp³-hybridized carbons (Fsp3) is 0.317. The molecule has 6 aromatic rings. The SMILES string of the molecule is CC(C)(C)OC(=O)N1CCC[C@H]1c1ncc(-c2ccc3cc(-c4ccc5nc([C@@H]6CCCN6C(=O)OCc6ccccc6)[nH]c5c4)ccc3c2)[nH]1. The lowest BCUT2D eigenvalue weighted by atomic mass is 9.99. The van der Waals surface area contributed by atoms with Gasteiger partial charge in [0.1, 0.15) is 23.9 Å². The average molecular weight is 683 g/mol. The van der Waals surface area contributed by atoms with E-state index in [1.807, 2.05) is 63.4 Å². The third-order valence-electron chi connectivity index (χ3n) is 9.78. The highest BCUT2D eigenvalue weighted by atomic mass is 16.6. The van der Waals surface area contributed by atoms with Crippen LogP contribution in [0.4, 0.5) is 9.59 Å². The molecular weight excluding hydrogens is 640 g/mol. The van der Waals surface area contributed by atoms with Crippen LogP contribution in [0.5, 0.6) is 0 Å². The van der Waals surface area contributed by atoms with Crippen molar-refractivity contribution in [2.24, 2.45) is 0 Å². The van der Waals surface area contributed by atoms with Crippen molar-refractivity contribution in [2.75, 3.05) is 13.1 Å². The summed E-state index contributed by atoms with van der Waals surface area (Å²) in [5.74, 6) is 1.57. The van der Waals surface area contributed by atoms with Crippen LogP contribution < -0.4 is 0 Å². The Kier molecular flexibility index (Phi) is 8.45. The maximum Gasteiger partial charge on any atom is 0.410 e. The van der Waals surface area contributed by atoms with Crippen LogP contribution in [-0.4, -0.2) is 60.6 Å². The van der Waals surface area contributed by atoms with Gasteiger partial charge in [-0.1, -0.05) is 60.7 Å². The highest BCUT2D eigenvalue weighted by Gasteiger charge is 2.35. The standard InChI is InChI=1S/C41H42N6O4/c1-41(2,3)51-40(49)47-20-7-11-35(47)37-42-24-34(45-37)31-16-15-27-21-28(13-14-29(27)22-31)30-17-18-32-33(23-30)44-38(43-32)36-12-8-19-46(36)39(48)50-25-26-9-5-4-6-10-26/h4-6,9-10,13-18,21-24,35-36H,7-8,11-12,19-20,25H2,1-3H3,(H,42,45)(H,43,44)/t35-,36-/m0/s1. The van der Waals surface area contributed by atoms with Crippen LogP contribution in [-0.2, 0) is 16.1 Å². The van der Waals surface area contributed by atoms with Gasteiger partial charge >= 0.3 is 12.2 Å². The molecule has 0 saturated carbocycles. The first-order chi connectivity index (χ1) is 24.7. The molecule has 0 spiro atoms. The quantitative estimate of drug-likeness (QED) is 0.181. The summed E-state index contributed by atoms with van der Waals surface area (Å²) in [6.07, 6.45) is 4.75. The summed E-state index contributed by atoms with van der Waals surface area (Å²) < 4.78 is 11.3. The number of ether oxygens (including phenoxy) is 2. The molecular formula is C41H42N6O4. The van der Waals surface area contributed by atoms with E-state index in [0.717, 1.165) is 87.1 Å². The van der Waals surface area contributed by atoms with Gasteiger partial charge in [-0.2, -0.15) is 0 Å². The molecule has 2 aromatic heterocycles. The third-order valence-corrected chi connectivity index (χ3v) is 9.78. The molecule has 0 aliphatic carbocycles. The fourth-order valence-electron chi connectivity index (χ4n) is 7.27. The van der Waals surface area contributed by atoms with Crippen LogP contribution in [0.1, 0.15) is 75.8 Å². The summed E-state index contributed by atoms with van der Waals surface area (Å²) >= 11 is 0. The second-order valence-corrected chi connectivity index (χ2v) is 14.5. The highest BCUT2D eigenvalue weighted by Crippen LogP contribution is 2.36. The van der Waals surface area contributed by atoms with Crippen molar-refractivity contribution in [3.63, 3.8) is 0 Å². The number of aromatic nitrogens is 4. The lowest BCUT2D eigenvalue weighted by Gasteiger charge is -2.27. The van der Waals surface area contributed by atoms with Gasteiger partial charge < -0.3 is 19.4 Å². The molecule has 2 aliphatic rings. The molecule has 2 aliphatic heterocycles. The van der Waals surface area contributed by atoms with Gasteiger partial charge in [0.2, 0.25) is 0 Å². The van der Waals surface area contributed by atoms with Gasteiger partial charge in [0.05, 0.1) is 35.0 Å². The summed E-state index contributed by atoms with van der Waals surface area (Å²) in [6.45, 7) is 7.22. The lowest BCUT2D eigenvalue weighted by molar-refractivity contribution is 0.0218. The smallest absolute Gasteiger partial charge is 0.410 e. The third kappa shape index (κ3) is 6.78. The van der Waals surface area contributed by atoms with Gasteiger partial charge in [-0.25, -0.2) is 19.6 Å². The number of rotatable bonds is 6. The molecule has 0 unspecified atom stereocenters. The largest absolute Gasteiger partial charge is 0.445 e. The summed E-state index contributed by atoms with van der Waals surface area (Å²) in [4.78, 5) is 46.0. The number of H-pyrrole nitrogens is 2. The van der Waals surface area contributed by atoms with Crippen LogP contribution in [0.15, 0.2) is 91.1 Å². The van der Waals surface area contributed by atoms with Gasteiger partial charge in [0, 0.05) is 18.7 Å². The number of imidazole rings is 2. The number of hydrogen-bond donors (Lipinski definition) is 2. The average Bonchev–Trinajstić information content (AvgIpc) is 3.95. The zero-order valence-electron chi connectivity index (χ0n) is 29.2. The molecule has 260 valence electrons. The van der Waals surface area contributed by atoms with Crippen molar-refractivity contribution in [1.82, 2.24) is 29.7 Å². The Morgan fingerprint density at radius 3 is 2.16 bits per heavy atom. The Morgan fingerprint density at radius 1 is 0.765 bits per heavy atom. The van der Waals surface area contributed by atoms with Crippen molar-refractivity contribution < 1.29 is 19.1 Å². The van der Waals surface area contributed by atoms with E-state index in [0.29, 0.717) is 13.1 Å². The van der Waals surface area contributed by atoms with Crippen molar-refractivity contribution in [3.05, 3.63) is 108 Å². The molecule has 2 saturated heterocycles. The molecule has 2 N–H and O–H groups in total. The van der Waals surface area contributed by atoms with E-state index in [-0.39, 0.29) is 30.9 Å². The van der Waals surface area contributed by atoms with E-state index < -0.39 is 5.60 Å². The van der Waals surface area contributed by atoms with Crippen molar-refractivity contribution >= 4 is 34.0 Å². The summed E-state index contributed by atoms with van der Waals surface area (Å²) in [7, 11) is 0. The monoisotopic (exact) mass is 682 g/mol. The summed E-state index contributed by atoms with van der Waals surface area (Å²) in [6, 6.07) is 28.6. The number of nitrogens with zero attached hydrogens (tertiary/aromatic N) is 4. The molecule has 10 nitrogen and oxygen atoms in total. The highest BCUT2D eigenvalue weighted by molar-refractivity contribution is 5.92. The van der Waals surface area contributed by atoms with Crippen molar-refractivity contribution in [3.8, 4) is 22.4 Å². The number of carbonyl (C=O) groups is 2. The zero-order chi connectivity index (χ0) is 35.1. The number of fused-ring (bicyclic) bond motifs is 2. The minimum Gasteiger partial charge on any atom is -0.445 e. The number of amides is 2. The van der Waals surface area contributed by atoms with E-state index in [2.05, 4.69) is 63.5 Å². The van der Waals surface area contributed by atoms with Crippen LogP contribution in [0.25, 0.3) is 44.2 Å². The molecule has 51 heavy (non-hydrogen) atoms. The molecule has 2 amide bonds. The Morgan fingerprint density at radius 2 is 1.41 bits per heavy atom. The second kappa shape index (κ2) is 13.2. The summed E-state index contributed by atoms with van der Waals surface area (Å²) in [5.41, 5.74) is 6.36. The molecule has 2 fully saturated rings. The molecule has 2 atom stereocenters. The number of aromatic amines is 2. The van der Waals surface area contributed by atoms with Gasteiger partial charge in [-0.3, -0.25) is 9.80 Å². The first-order valence-electron chi connectivity index (χ1n) is 17.7. The Labute approximate surface area is 296 Å². The first kappa shape index (κ1) is 32.6. The minimum absolute atomic E-state index is 0.126. The number of carbonyl (C=O) groups excluding carboxylic acids is 2. The Bertz CT molecular complexity index is 2220. The normalized spacial score (nSPS) is 17.8. The molecule has 10 heteroatoms. The van der Waals surface area contributed by atoms with E-state index in [1.54, 1.807) is 9.80 Å². The predicted molar refractivity (Wildman–Crippen MR) is 197 cm³/mol. The van der Waals surface area contributed by atoms with E-state index in [9.17, 15) is 9.59 Å². The second-order valence-electron chi connectivity index (χ2n) is 14.5. The molecule has 0 bridgehead atoms. The van der Waals surface area contributed by atoms with Crippen molar-refractivity contribution in [2.45, 2.75) is 70.7 Å². The maximum atomic E-state index is 13.0. The van der Waals surface area contributed by atoms with Gasteiger partial charge in [0.15, 0.2) is 0 Å². The van der Waals surface area contributed by atoms with Gasteiger partial charge in [0.25, 0.3) is 0 Å². The molecule has 0 radical (unpaired) electrons. The lowest BCUT2D eigenvalue weighted by Crippen LogP contribution is -2.36. The van der Waals surface area contributed by atoms with Crippen LogP contribution in [0.3, 0.4) is 0 Å². The van der Waals surface area contributed by atoms with Crippen LogP contribution in [0, 0.1) is 0 Å². The maximum absolute atomic E-state index is 13.0. The Balaban J connectivity index is 0.974.